The smallest absolute Gasteiger partial charge is 0.351 e. The molecule has 1 fully saturated rings. The Bertz CT molecular complexity index is 1350. The van der Waals surface area contributed by atoms with Crippen molar-refractivity contribution in [1.29, 1.82) is 0 Å². The Balaban J connectivity index is 2.23. The van der Waals surface area contributed by atoms with E-state index in [9.17, 15) is 18.0 Å². The third-order valence-electron chi connectivity index (χ3n) is 8.11. The molecule has 1 spiro atoms. The predicted molar refractivity (Wildman–Crippen MR) is 153 cm³/mol. The highest BCUT2D eigenvalue weighted by molar-refractivity contribution is 7.90. The minimum Gasteiger partial charge on any atom is -0.406 e. The number of ether oxygens (including phenoxy) is 1. The summed E-state index contributed by atoms with van der Waals surface area (Å²) in [4.78, 5) is 33.1. The van der Waals surface area contributed by atoms with Crippen LogP contribution < -0.4 is 16.9 Å². The summed E-state index contributed by atoms with van der Waals surface area (Å²) in [6, 6.07) is 1.40. The van der Waals surface area contributed by atoms with Crippen molar-refractivity contribution in [2.45, 2.75) is 109 Å². The van der Waals surface area contributed by atoms with Crippen LogP contribution in [0.2, 0.25) is 36.3 Å². The number of hydrogen-bond acceptors (Lipinski definition) is 12. The van der Waals surface area contributed by atoms with Gasteiger partial charge in [-0.15, -0.1) is 0 Å². The van der Waals surface area contributed by atoms with E-state index in [2.05, 4.69) is 10.5 Å². The van der Waals surface area contributed by atoms with Gasteiger partial charge >= 0.3 is 11.7 Å². The van der Waals surface area contributed by atoms with Gasteiger partial charge in [-0.2, -0.15) is 13.4 Å². The molecule has 16 heteroatoms. The van der Waals surface area contributed by atoms with Crippen LogP contribution in [0.1, 0.15) is 54.7 Å². The van der Waals surface area contributed by atoms with E-state index in [4.69, 9.17) is 28.3 Å². The minimum absolute atomic E-state index is 0.0146. The molecule has 3 N–H and O–H groups in total. The third kappa shape index (κ3) is 6.07. The summed E-state index contributed by atoms with van der Waals surface area (Å²) in [5.74, 6) is -0.637. The summed E-state index contributed by atoms with van der Waals surface area (Å²) in [6.45, 7) is 21.3. The number of carbonyl (C=O) groups is 1. The van der Waals surface area contributed by atoms with Crippen LogP contribution in [0.3, 0.4) is 0 Å². The highest BCUT2D eigenvalue weighted by Crippen LogP contribution is 2.53. The molecule has 0 saturated carbocycles. The molecule has 0 radical (unpaired) electrons. The molecule has 1 saturated heterocycles. The molecule has 3 rings (SSSR count). The number of aromatic nitrogens is 2. The molecular formula is C24H42N4O9SSi2. The average molecular weight is 619 g/mol. The molecule has 3 heterocycles. The van der Waals surface area contributed by atoms with Crippen LogP contribution in [0.15, 0.2) is 28.2 Å². The van der Waals surface area contributed by atoms with Crippen molar-refractivity contribution in [3.05, 3.63) is 33.9 Å². The monoisotopic (exact) mass is 618 g/mol. The maximum absolute atomic E-state index is 13.3. The van der Waals surface area contributed by atoms with Gasteiger partial charge in [-0.1, -0.05) is 41.5 Å². The Morgan fingerprint density at radius 2 is 1.65 bits per heavy atom. The van der Waals surface area contributed by atoms with E-state index in [0.29, 0.717) is 0 Å². The summed E-state index contributed by atoms with van der Waals surface area (Å²) >= 11 is 0. The van der Waals surface area contributed by atoms with Gasteiger partial charge in [0.1, 0.15) is 6.10 Å². The lowest BCUT2D eigenvalue weighted by Crippen LogP contribution is -2.60. The third-order valence-corrected chi connectivity index (χ3v) is 18.0. The lowest BCUT2D eigenvalue weighted by molar-refractivity contribution is -0.147. The first-order valence-electron chi connectivity index (χ1n) is 12.9. The highest BCUT2D eigenvalue weighted by Gasteiger charge is 2.69. The number of nitrogens with zero attached hydrogens (tertiary/aromatic N) is 2. The van der Waals surface area contributed by atoms with Crippen LogP contribution >= 0.6 is 0 Å². The van der Waals surface area contributed by atoms with E-state index in [0.717, 1.165) is 9.98 Å². The van der Waals surface area contributed by atoms with Crippen molar-refractivity contribution in [2.75, 3.05) is 5.48 Å². The number of nitrogens with two attached hydrogens (primary N) is 1. The van der Waals surface area contributed by atoms with Gasteiger partial charge in [-0.25, -0.2) is 14.5 Å². The van der Waals surface area contributed by atoms with Gasteiger partial charge in [0.2, 0.25) is 5.60 Å². The predicted octanol–water partition coefficient (Wildman–Crippen LogP) is 3.30. The van der Waals surface area contributed by atoms with E-state index in [1.807, 2.05) is 67.7 Å². The molecular weight excluding hydrogens is 577 g/mol. The second-order valence-electron chi connectivity index (χ2n) is 13.2. The van der Waals surface area contributed by atoms with Crippen molar-refractivity contribution in [1.82, 2.24) is 9.55 Å². The van der Waals surface area contributed by atoms with Gasteiger partial charge in [0, 0.05) is 19.2 Å². The van der Waals surface area contributed by atoms with Crippen LogP contribution in [0.25, 0.3) is 0 Å². The van der Waals surface area contributed by atoms with Gasteiger partial charge in [0.05, 0.1) is 11.1 Å². The van der Waals surface area contributed by atoms with Gasteiger partial charge in [-0.3, -0.25) is 9.36 Å². The second-order valence-corrected chi connectivity index (χ2v) is 24.1. The van der Waals surface area contributed by atoms with Crippen LogP contribution in [0, 0.1) is 0 Å². The molecule has 1 aromatic rings. The van der Waals surface area contributed by atoms with E-state index in [-0.39, 0.29) is 21.6 Å². The average Bonchev–Trinajstić information content (AvgIpc) is 3.17. The summed E-state index contributed by atoms with van der Waals surface area (Å²) in [5, 5.41) is 0.244. The first-order chi connectivity index (χ1) is 17.9. The van der Waals surface area contributed by atoms with Crippen molar-refractivity contribution >= 4 is 38.5 Å². The summed E-state index contributed by atoms with van der Waals surface area (Å²) < 4.78 is 52.4. The van der Waals surface area contributed by atoms with Gasteiger partial charge in [0.25, 0.3) is 10.1 Å². The Morgan fingerprint density at radius 3 is 2.10 bits per heavy atom. The molecule has 1 aromatic heterocycles. The van der Waals surface area contributed by atoms with Crippen molar-refractivity contribution in [3.8, 4) is 0 Å². The summed E-state index contributed by atoms with van der Waals surface area (Å²) in [5.41, 5.74) is 5.93. The normalized spacial score (nSPS) is 27.1. The molecule has 0 aliphatic carbocycles. The van der Waals surface area contributed by atoms with E-state index < -0.39 is 62.6 Å². The van der Waals surface area contributed by atoms with Gasteiger partial charge in [-0.05, 0) is 36.3 Å². The molecule has 4 atom stereocenters. The Labute approximate surface area is 237 Å². The number of hydrogen-bond donors (Lipinski definition) is 2. The van der Waals surface area contributed by atoms with Crippen LogP contribution in [-0.4, -0.2) is 58.6 Å². The first kappa shape index (κ1) is 32.4. The quantitative estimate of drug-likeness (QED) is 0.260. The molecule has 2 aliphatic heterocycles. The maximum Gasteiger partial charge on any atom is 0.351 e. The van der Waals surface area contributed by atoms with Gasteiger partial charge < -0.3 is 24.2 Å². The largest absolute Gasteiger partial charge is 0.406 e. The Hall–Kier alpha value is -2.09. The van der Waals surface area contributed by atoms with Crippen LogP contribution in [-0.2, 0) is 37.5 Å². The maximum atomic E-state index is 13.3. The number of rotatable bonds is 7. The van der Waals surface area contributed by atoms with Gasteiger partial charge in [0.15, 0.2) is 35.0 Å². The number of nitrogens with one attached hydrogen (secondary N) is 1. The number of carbonyl (C=O) groups excluding carboxylic acids is 1. The minimum atomic E-state index is -4.23. The first-order valence-corrected chi connectivity index (χ1v) is 20.2. The molecule has 2 aliphatic rings. The van der Waals surface area contributed by atoms with Crippen molar-refractivity contribution in [2.24, 2.45) is 5.73 Å². The standard InChI is InChI=1S/C24H42N4O9SSi2/c1-15(29)34-27-17-12-13-28(21(30)26-17)19-18(35-39(8,9)22(2,3)4)24(16(25)14-38(31,32)37-24)20(33-19)36-40(10,11)23(5,6)7/h12-14,18-20H,25H2,1-11H3,(H,26,27,30)/t18-,19+,20+,24?/m0/s1. The fourth-order valence-corrected chi connectivity index (χ4v) is 7.34. The van der Waals surface area contributed by atoms with Crippen molar-refractivity contribution < 1.29 is 35.8 Å². The molecule has 13 nitrogen and oxygen atoms in total. The zero-order valence-corrected chi connectivity index (χ0v) is 27.8. The molecule has 40 heavy (non-hydrogen) atoms. The lowest BCUT2D eigenvalue weighted by Gasteiger charge is -2.44. The summed E-state index contributed by atoms with van der Waals surface area (Å²) in [7, 11) is -9.54. The zero-order chi connectivity index (χ0) is 30.7. The van der Waals surface area contributed by atoms with Crippen LogP contribution in [0.4, 0.5) is 5.82 Å². The zero-order valence-electron chi connectivity index (χ0n) is 25.0. The van der Waals surface area contributed by atoms with E-state index >= 15 is 0 Å². The Morgan fingerprint density at radius 1 is 1.10 bits per heavy atom. The Kier molecular flexibility index (Phi) is 8.37. The fourth-order valence-electron chi connectivity index (χ4n) is 3.74. The molecule has 0 bridgehead atoms. The molecule has 0 amide bonds. The summed E-state index contributed by atoms with van der Waals surface area (Å²) in [6.07, 6.45) is -2.39. The second kappa shape index (κ2) is 10.3. The fraction of sp³-hybridized carbons (Fsp3) is 0.708. The van der Waals surface area contributed by atoms with E-state index in [1.165, 1.54) is 19.2 Å². The van der Waals surface area contributed by atoms with Crippen LogP contribution in [0.5, 0.6) is 0 Å². The van der Waals surface area contributed by atoms with E-state index in [1.54, 1.807) is 0 Å². The number of anilines is 1. The molecule has 1 unspecified atom stereocenters. The SMILES string of the molecule is CC(=O)ONc1ccn([C@@H]2O[C@H](O[Si](C)(C)C(C)(C)C)C3(OS(=O)(=O)C=C3N)[C@H]2O[Si](C)(C)C(C)(C)C)c(=O)n1. The topological polar surface area (TPSA) is 170 Å². The lowest BCUT2D eigenvalue weighted by atomic mass is 9.94. The van der Waals surface area contributed by atoms with Crippen molar-refractivity contribution in [3.63, 3.8) is 0 Å². The molecule has 226 valence electrons. The highest BCUT2D eigenvalue weighted by atomic mass is 32.2. The molecule has 0 aromatic carbocycles.